The van der Waals surface area contributed by atoms with Gasteiger partial charge in [0.25, 0.3) is 0 Å². The molecule has 0 atom stereocenters. The van der Waals surface area contributed by atoms with Crippen LogP contribution >= 0.6 is 0 Å². The molecule has 0 spiro atoms. The number of hydrogen-bond donors (Lipinski definition) is 2. The van der Waals surface area contributed by atoms with Gasteiger partial charge in [0, 0.05) is 51.6 Å². The minimum absolute atomic E-state index is 0.0226. The largest absolute Gasteiger partial charge is 0.490 e. The Balaban J connectivity index is 2.07. The molecule has 0 bridgehead atoms. The summed E-state index contributed by atoms with van der Waals surface area (Å²) in [5.41, 5.74) is 1.54. The van der Waals surface area contributed by atoms with E-state index in [2.05, 4.69) is 20.6 Å². The van der Waals surface area contributed by atoms with Crippen LogP contribution in [0.3, 0.4) is 0 Å². The Morgan fingerprint density at radius 2 is 1.83 bits per heavy atom. The quantitative estimate of drug-likeness (QED) is 0.492. The second kappa shape index (κ2) is 11.0. The summed E-state index contributed by atoms with van der Waals surface area (Å²) in [6, 6.07) is 8.88. The normalized spacial score (nSPS) is 11.3. The molecule has 2 rings (SSSR count). The van der Waals surface area contributed by atoms with E-state index in [-0.39, 0.29) is 18.0 Å². The van der Waals surface area contributed by atoms with Crippen molar-refractivity contribution in [3.63, 3.8) is 0 Å². The molecule has 29 heavy (non-hydrogen) atoms. The van der Waals surface area contributed by atoms with E-state index in [4.69, 9.17) is 9.47 Å². The van der Waals surface area contributed by atoms with Crippen LogP contribution in [-0.4, -0.2) is 45.3 Å². The van der Waals surface area contributed by atoms with Crippen molar-refractivity contribution in [3.05, 3.63) is 47.7 Å². The Bertz CT molecular complexity index is 815. The molecule has 0 unspecified atom stereocenters. The number of rotatable bonds is 9. The van der Waals surface area contributed by atoms with Crippen LogP contribution in [0.1, 0.15) is 18.1 Å². The fourth-order valence-corrected chi connectivity index (χ4v) is 2.74. The van der Waals surface area contributed by atoms with Crippen molar-refractivity contribution >= 4 is 11.8 Å². The summed E-state index contributed by atoms with van der Waals surface area (Å²) < 4.78 is 35.8. The van der Waals surface area contributed by atoms with Crippen LogP contribution < -0.4 is 25.0 Å². The fraction of sp³-hybridized carbons (Fsp3) is 0.400. The number of benzene rings is 1. The zero-order valence-electron chi connectivity index (χ0n) is 17.1. The molecule has 0 fully saturated rings. The lowest BCUT2D eigenvalue weighted by atomic mass is 10.2. The van der Waals surface area contributed by atoms with Crippen LogP contribution in [0, 0.1) is 0 Å². The molecule has 0 saturated carbocycles. The van der Waals surface area contributed by atoms with Crippen molar-refractivity contribution in [2.24, 2.45) is 4.99 Å². The van der Waals surface area contributed by atoms with Crippen molar-refractivity contribution in [1.29, 1.82) is 0 Å². The number of aromatic nitrogens is 1. The number of anilines is 1. The Kier molecular flexibility index (Phi) is 8.45. The predicted molar refractivity (Wildman–Crippen MR) is 110 cm³/mol. The molecular formula is C20H27F2N5O2. The van der Waals surface area contributed by atoms with Gasteiger partial charge in [-0.25, -0.2) is 4.98 Å². The smallest absolute Gasteiger partial charge is 0.387 e. The molecule has 0 aliphatic rings. The Labute approximate surface area is 169 Å². The SMILES string of the molecule is CCOc1cccc(CNC(=NC)NCc2cccnc2N(C)C)c1OC(F)F. The van der Waals surface area contributed by atoms with Gasteiger partial charge < -0.3 is 25.0 Å². The van der Waals surface area contributed by atoms with Gasteiger partial charge in [-0.15, -0.1) is 0 Å². The van der Waals surface area contributed by atoms with E-state index in [1.165, 1.54) is 0 Å². The first-order valence-electron chi connectivity index (χ1n) is 9.21. The summed E-state index contributed by atoms with van der Waals surface area (Å²) in [7, 11) is 5.49. The fourth-order valence-electron chi connectivity index (χ4n) is 2.74. The molecule has 2 N–H and O–H groups in total. The van der Waals surface area contributed by atoms with Gasteiger partial charge in [-0.1, -0.05) is 18.2 Å². The zero-order chi connectivity index (χ0) is 21.2. The number of pyridine rings is 1. The van der Waals surface area contributed by atoms with Crippen molar-refractivity contribution in [2.45, 2.75) is 26.6 Å². The van der Waals surface area contributed by atoms with E-state index >= 15 is 0 Å². The first kappa shape index (κ1) is 22.2. The number of halogens is 2. The summed E-state index contributed by atoms with van der Waals surface area (Å²) in [5.74, 6) is 1.67. The van der Waals surface area contributed by atoms with Crippen LogP contribution in [0.15, 0.2) is 41.5 Å². The number of aliphatic imine (C=N–C) groups is 1. The number of para-hydroxylation sites is 1. The summed E-state index contributed by atoms with van der Waals surface area (Å²) in [6.45, 7) is -0.0818. The first-order valence-corrected chi connectivity index (χ1v) is 9.21. The van der Waals surface area contributed by atoms with E-state index < -0.39 is 6.61 Å². The summed E-state index contributed by atoms with van der Waals surface area (Å²) >= 11 is 0. The Morgan fingerprint density at radius 3 is 2.45 bits per heavy atom. The number of alkyl halides is 2. The molecule has 0 radical (unpaired) electrons. The molecule has 0 aliphatic heterocycles. The molecule has 0 saturated heterocycles. The average Bonchev–Trinajstić information content (AvgIpc) is 2.70. The highest BCUT2D eigenvalue weighted by Gasteiger charge is 2.16. The summed E-state index contributed by atoms with van der Waals surface area (Å²) in [6.07, 6.45) is 1.74. The highest BCUT2D eigenvalue weighted by molar-refractivity contribution is 5.79. The third-order valence-electron chi connectivity index (χ3n) is 3.97. The minimum Gasteiger partial charge on any atom is -0.490 e. The summed E-state index contributed by atoms with van der Waals surface area (Å²) in [5, 5.41) is 6.32. The molecule has 0 aliphatic carbocycles. The summed E-state index contributed by atoms with van der Waals surface area (Å²) in [4.78, 5) is 10.5. The maximum absolute atomic E-state index is 12.9. The van der Waals surface area contributed by atoms with Gasteiger partial charge in [0.2, 0.25) is 0 Å². The molecule has 0 amide bonds. The van der Waals surface area contributed by atoms with E-state index in [1.54, 1.807) is 38.4 Å². The number of guanidine groups is 1. The zero-order valence-corrected chi connectivity index (χ0v) is 17.1. The van der Waals surface area contributed by atoms with Gasteiger partial charge in [-0.3, -0.25) is 4.99 Å². The molecule has 158 valence electrons. The lowest BCUT2D eigenvalue weighted by Crippen LogP contribution is -2.36. The molecule has 9 heteroatoms. The number of nitrogens with one attached hydrogen (secondary N) is 2. The van der Waals surface area contributed by atoms with Crippen LogP contribution in [0.5, 0.6) is 11.5 Å². The monoisotopic (exact) mass is 407 g/mol. The topological polar surface area (TPSA) is 71.0 Å². The van der Waals surface area contributed by atoms with Gasteiger partial charge in [-0.2, -0.15) is 8.78 Å². The third-order valence-corrected chi connectivity index (χ3v) is 3.97. The van der Waals surface area contributed by atoms with E-state index in [9.17, 15) is 8.78 Å². The molecule has 1 heterocycles. The van der Waals surface area contributed by atoms with Crippen LogP contribution in [0.2, 0.25) is 0 Å². The molecule has 1 aromatic heterocycles. The lowest BCUT2D eigenvalue weighted by Gasteiger charge is -2.19. The van der Waals surface area contributed by atoms with Crippen molar-refractivity contribution in [1.82, 2.24) is 15.6 Å². The van der Waals surface area contributed by atoms with Gasteiger partial charge in [0.1, 0.15) is 5.82 Å². The standard InChI is InChI=1S/C20H27F2N5O2/c1-5-28-16-10-6-8-14(17(16)29-19(21)22)12-25-20(23-2)26-13-15-9-7-11-24-18(15)27(3)4/h6-11,19H,5,12-13H2,1-4H3,(H2,23,25,26). The van der Waals surface area contributed by atoms with E-state index in [0.29, 0.717) is 24.7 Å². The molecule has 7 nitrogen and oxygen atoms in total. The average molecular weight is 407 g/mol. The van der Waals surface area contributed by atoms with Crippen LogP contribution in [-0.2, 0) is 13.1 Å². The highest BCUT2D eigenvalue weighted by Crippen LogP contribution is 2.32. The van der Waals surface area contributed by atoms with Crippen molar-refractivity contribution < 1.29 is 18.3 Å². The van der Waals surface area contributed by atoms with E-state index in [0.717, 1.165) is 11.4 Å². The minimum atomic E-state index is -2.94. The lowest BCUT2D eigenvalue weighted by molar-refractivity contribution is -0.0520. The Hall–Kier alpha value is -3.10. The van der Waals surface area contributed by atoms with Gasteiger partial charge >= 0.3 is 6.61 Å². The number of ether oxygens (including phenoxy) is 2. The second-order valence-corrected chi connectivity index (χ2v) is 6.22. The van der Waals surface area contributed by atoms with Crippen LogP contribution in [0.4, 0.5) is 14.6 Å². The molecular weight excluding hydrogens is 380 g/mol. The first-order chi connectivity index (χ1) is 14.0. The van der Waals surface area contributed by atoms with Gasteiger partial charge in [0.15, 0.2) is 17.5 Å². The molecule has 1 aromatic carbocycles. The maximum Gasteiger partial charge on any atom is 0.387 e. The number of nitrogens with zero attached hydrogens (tertiary/aromatic N) is 3. The predicted octanol–water partition coefficient (Wildman–Crippen LogP) is 3.01. The van der Waals surface area contributed by atoms with Gasteiger partial charge in [0.05, 0.1) is 6.61 Å². The van der Waals surface area contributed by atoms with E-state index in [1.807, 2.05) is 31.1 Å². The van der Waals surface area contributed by atoms with Crippen molar-refractivity contribution in [3.8, 4) is 11.5 Å². The van der Waals surface area contributed by atoms with Crippen LogP contribution in [0.25, 0.3) is 0 Å². The Morgan fingerprint density at radius 1 is 1.14 bits per heavy atom. The number of hydrogen-bond acceptors (Lipinski definition) is 5. The molecule has 2 aromatic rings. The highest BCUT2D eigenvalue weighted by atomic mass is 19.3. The van der Waals surface area contributed by atoms with Crippen molar-refractivity contribution in [2.75, 3.05) is 32.6 Å². The van der Waals surface area contributed by atoms with Gasteiger partial charge in [-0.05, 0) is 19.1 Å². The third kappa shape index (κ3) is 6.48. The second-order valence-electron chi connectivity index (χ2n) is 6.22. The maximum atomic E-state index is 12.9.